The van der Waals surface area contributed by atoms with E-state index in [0.717, 1.165) is 29.9 Å². The van der Waals surface area contributed by atoms with Crippen LogP contribution < -0.4 is 4.74 Å². The molecule has 0 aliphatic rings. The number of unbranched alkanes of at least 4 members (excludes halogenated alkanes) is 4. The molecule has 0 amide bonds. The van der Waals surface area contributed by atoms with Gasteiger partial charge in [-0.3, -0.25) is 0 Å². The molecule has 0 aromatic heterocycles. The third kappa shape index (κ3) is 6.75. The van der Waals surface area contributed by atoms with Gasteiger partial charge in [0, 0.05) is 0 Å². The molecular weight excluding hydrogens is 324 g/mol. The zero-order valence-electron chi connectivity index (χ0n) is 15.7. The summed E-state index contributed by atoms with van der Waals surface area (Å²) in [7, 11) is 1.38. The standard InChI is InChI=1S/C23H28O3/c1-3-4-5-6-7-18-26-22-16-12-20(13-17-22)9-8-19-10-14-21(15-11-19)23(24)25-2/h8-17H,3-7,18H2,1-2H3/b9-8+. The van der Waals surface area contributed by atoms with Crippen LogP contribution in [0.4, 0.5) is 0 Å². The van der Waals surface area contributed by atoms with Gasteiger partial charge in [-0.25, -0.2) is 4.79 Å². The molecule has 2 aromatic rings. The van der Waals surface area contributed by atoms with Crippen molar-refractivity contribution in [3.05, 3.63) is 65.2 Å². The summed E-state index contributed by atoms with van der Waals surface area (Å²) in [5.41, 5.74) is 2.70. The van der Waals surface area contributed by atoms with Crippen LogP contribution in [0.15, 0.2) is 48.5 Å². The number of carbonyl (C=O) groups excluding carboxylic acids is 1. The predicted octanol–water partition coefficient (Wildman–Crippen LogP) is 5.99. The molecule has 138 valence electrons. The molecule has 0 saturated carbocycles. The number of hydrogen-bond acceptors (Lipinski definition) is 3. The van der Waals surface area contributed by atoms with Gasteiger partial charge in [-0.2, -0.15) is 0 Å². The Labute approximate surface area is 156 Å². The molecule has 3 nitrogen and oxygen atoms in total. The monoisotopic (exact) mass is 352 g/mol. The highest BCUT2D eigenvalue weighted by Gasteiger charge is 2.03. The normalized spacial score (nSPS) is 10.8. The Morgan fingerprint density at radius 2 is 1.42 bits per heavy atom. The largest absolute Gasteiger partial charge is 0.494 e. The first kappa shape index (κ1) is 19.8. The fourth-order valence-corrected chi connectivity index (χ4v) is 2.61. The van der Waals surface area contributed by atoms with Crippen molar-refractivity contribution in [2.75, 3.05) is 13.7 Å². The molecule has 2 rings (SSSR count). The number of methoxy groups -OCH3 is 1. The van der Waals surface area contributed by atoms with Gasteiger partial charge >= 0.3 is 5.97 Å². The first-order valence-electron chi connectivity index (χ1n) is 9.32. The van der Waals surface area contributed by atoms with Crippen LogP contribution >= 0.6 is 0 Å². The van der Waals surface area contributed by atoms with Crippen molar-refractivity contribution in [2.45, 2.75) is 39.0 Å². The Hall–Kier alpha value is -2.55. The summed E-state index contributed by atoms with van der Waals surface area (Å²) in [4.78, 5) is 11.4. The van der Waals surface area contributed by atoms with Gasteiger partial charge in [0.2, 0.25) is 0 Å². The molecule has 0 spiro atoms. The molecule has 0 aliphatic carbocycles. The molecule has 0 aliphatic heterocycles. The van der Waals surface area contributed by atoms with E-state index in [2.05, 4.69) is 6.92 Å². The van der Waals surface area contributed by atoms with E-state index in [9.17, 15) is 4.79 Å². The lowest BCUT2D eigenvalue weighted by atomic mass is 10.1. The Balaban J connectivity index is 1.81. The summed E-state index contributed by atoms with van der Waals surface area (Å²) >= 11 is 0. The van der Waals surface area contributed by atoms with Crippen molar-refractivity contribution in [3.63, 3.8) is 0 Å². The van der Waals surface area contributed by atoms with Crippen molar-refractivity contribution in [3.8, 4) is 5.75 Å². The lowest BCUT2D eigenvalue weighted by Crippen LogP contribution is -2.00. The third-order valence-electron chi connectivity index (χ3n) is 4.20. The molecular formula is C23H28O3. The second kappa shape index (κ2) is 11.1. The van der Waals surface area contributed by atoms with Crippen LogP contribution in [-0.2, 0) is 4.74 Å². The fraction of sp³-hybridized carbons (Fsp3) is 0.348. The van der Waals surface area contributed by atoms with Gasteiger partial charge in [-0.15, -0.1) is 0 Å². The van der Waals surface area contributed by atoms with Crippen LogP contribution in [0.2, 0.25) is 0 Å². The highest BCUT2D eigenvalue weighted by atomic mass is 16.5. The van der Waals surface area contributed by atoms with Crippen molar-refractivity contribution >= 4 is 18.1 Å². The molecule has 0 heterocycles. The Bertz CT molecular complexity index is 684. The van der Waals surface area contributed by atoms with Gasteiger partial charge in [0.15, 0.2) is 0 Å². The smallest absolute Gasteiger partial charge is 0.337 e. The van der Waals surface area contributed by atoms with E-state index in [1.54, 1.807) is 12.1 Å². The highest BCUT2D eigenvalue weighted by molar-refractivity contribution is 5.89. The van der Waals surface area contributed by atoms with Crippen LogP contribution in [-0.4, -0.2) is 19.7 Å². The van der Waals surface area contributed by atoms with E-state index in [4.69, 9.17) is 9.47 Å². The number of ether oxygens (including phenoxy) is 2. The van der Waals surface area contributed by atoms with E-state index in [1.165, 1.54) is 32.8 Å². The lowest BCUT2D eigenvalue weighted by Gasteiger charge is -2.06. The maximum Gasteiger partial charge on any atom is 0.337 e. The summed E-state index contributed by atoms with van der Waals surface area (Å²) in [6.07, 6.45) is 10.3. The van der Waals surface area contributed by atoms with E-state index in [-0.39, 0.29) is 5.97 Å². The molecule has 26 heavy (non-hydrogen) atoms. The molecule has 0 fully saturated rings. The SMILES string of the molecule is CCCCCCCOc1ccc(/C=C/c2ccc(C(=O)OC)cc2)cc1. The highest BCUT2D eigenvalue weighted by Crippen LogP contribution is 2.16. The van der Waals surface area contributed by atoms with Gasteiger partial charge in [0.25, 0.3) is 0 Å². The Morgan fingerprint density at radius 1 is 0.846 bits per heavy atom. The fourth-order valence-electron chi connectivity index (χ4n) is 2.61. The lowest BCUT2D eigenvalue weighted by molar-refractivity contribution is 0.0600. The molecule has 0 bridgehead atoms. The van der Waals surface area contributed by atoms with E-state index >= 15 is 0 Å². The molecule has 3 heteroatoms. The van der Waals surface area contributed by atoms with Gasteiger partial charge in [0.05, 0.1) is 19.3 Å². The van der Waals surface area contributed by atoms with Crippen LogP contribution in [0.1, 0.15) is 60.5 Å². The number of carbonyl (C=O) groups is 1. The second-order valence-corrected chi connectivity index (χ2v) is 6.28. The number of esters is 1. The summed E-state index contributed by atoms with van der Waals surface area (Å²) in [6, 6.07) is 15.4. The van der Waals surface area contributed by atoms with Crippen molar-refractivity contribution in [1.82, 2.24) is 0 Å². The third-order valence-corrected chi connectivity index (χ3v) is 4.20. The van der Waals surface area contributed by atoms with Crippen LogP contribution in [0.3, 0.4) is 0 Å². The van der Waals surface area contributed by atoms with Crippen molar-refractivity contribution in [2.24, 2.45) is 0 Å². The number of benzene rings is 2. The summed E-state index contributed by atoms with van der Waals surface area (Å²) in [5.74, 6) is 0.599. The maximum absolute atomic E-state index is 11.4. The van der Waals surface area contributed by atoms with E-state index in [1.807, 2.05) is 48.6 Å². The molecule has 0 unspecified atom stereocenters. The Kier molecular flexibility index (Phi) is 8.47. The molecule has 0 saturated heterocycles. The maximum atomic E-state index is 11.4. The zero-order chi connectivity index (χ0) is 18.6. The molecule has 0 N–H and O–H groups in total. The van der Waals surface area contributed by atoms with Gasteiger partial charge in [0.1, 0.15) is 5.75 Å². The van der Waals surface area contributed by atoms with E-state index < -0.39 is 0 Å². The minimum atomic E-state index is -0.318. The first-order valence-corrected chi connectivity index (χ1v) is 9.32. The Morgan fingerprint density at radius 3 is 2.00 bits per heavy atom. The quantitative estimate of drug-likeness (QED) is 0.299. The minimum absolute atomic E-state index is 0.318. The molecule has 0 radical (unpaired) electrons. The van der Waals surface area contributed by atoms with Crippen molar-refractivity contribution in [1.29, 1.82) is 0 Å². The number of rotatable bonds is 10. The van der Waals surface area contributed by atoms with Crippen molar-refractivity contribution < 1.29 is 14.3 Å². The van der Waals surface area contributed by atoms with Crippen LogP contribution in [0, 0.1) is 0 Å². The van der Waals surface area contributed by atoms with Gasteiger partial charge in [-0.05, 0) is 41.8 Å². The average molecular weight is 352 g/mol. The molecule has 2 aromatic carbocycles. The number of hydrogen-bond donors (Lipinski definition) is 0. The van der Waals surface area contributed by atoms with Gasteiger partial charge < -0.3 is 9.47 Å². The van der Waals surface area contributed by atoms with Crippen LogP contribution in [0.5, 0.6) is 5.75 Å². The topological polar surface area (TPSA) is 35.5 Å². The summed E-state index contributed by atoms with van der Waals surface area (Å²) < 4.78 is 10.5. The first-order chi connectivity index (χ1) is 12.7. The zero-order valence-corrected chi connectivity index (χ0v) is 15.7. The molecule has 0 atom stereocenters. The van der Waals surface area contributed by atoms with E-state index in [0.29, 0.717) is 5.56 Å². The van der Waals surface area contributed by atoms with Crippen LogP contribution in [0.25, 0.3) is 12.2 Å². The predicted molar refractivity (Wildman–Crippen MR) is 107 cm³/mol. The minimum Gasteiger partial charge on any atom is -0.494 e. The van der Waals surface area contributed by atoms with Gasteiger partial charge in [-0.1, -0.05) is 69.0 Å². The second-order valence-electron chi connectivity index (χ2n) is 6.28. The summed E-state index contributed by atoms with van der Waals surface area (Å²) in [6.45, 7) is 3.01. The average Bonchev–Trinajstić information content (AvgIpc) is 2.69. The summed E-state index contributed by atoms with van der Waals surface area (Å²) in [5, 5.41) is 0.